The number of nitriles is 1. The van der Waals surface area contributed by atoms with Gasteiger partial charge in [-0.05, 0) is 36.5 Å². The molecule has 1 fully saturated rings. The lowest BCUT2D eigenvalue weighted by Crippen LogP contribution is -2.37. The lowest BCUT2D eigenvalue weighted by Gasteiger charge is -2.29. The van der Waals surface area contributed by atoms with Crippen molar-refractivity contribution in [2.24, 2.45) is 5.41 Å². The van der Waals surface area contributed by atoms with Crippen LogP contribution in [0.2, 0.25) is 0 Å². The SMILES string of the molecule is CC1(C)CC(O)CCN(S(=O)(=O)c2cc(F)cc(C#N)c2)C1. The molecule has 2 rings (SSSR count). The number of hydrogen-bond donors (Lipinski definition) is 1. The van der Waals surface area contributed by atoms with Gasteiger partial charge in [0.25, 0.3) is 0 Å². The molecule has 1 atom stereocenters. The summed E-state index contributed by atoms with van der Waals surface area (Å²) in [6.07, 6.45) is 0.284. The number of rotatable bonds is 2. The van der Waals surface area contributed by atoms with E-state index in [1.807, 2.05) is 13.8 Å². The second-order valence-corrected chi connectivity index (χ2v) is 8.37. The van der Waals surface area contributed by atoms with Gasteiger partial charge in [0, 0.05) is 13.1 Å². The third kappa shape index (κ3) is 3.64. The third-order valence-corrected chi connectivity index (χ3v) is 5.57. The Morgan fingerprint density at radius 2 is 2.09 bits per heavy atom. The highest BCUT2D eigenvalue weighted by Crippen LogP contribution is 2.31. The molecule has 1 unspecified atom stereocenters. The van der Waals surface area contributed by atoms with Crippen LogP contribution in [0, 0.1) is 22.6 Å². The van der Waals surface area contributed by atoms with Crippen molar-refractivity contribution in [3.8, 4) is 6.07 Å². The maximum Gasteiger partial charge on any atom is 0.243 e. The van der Waals surface area contributed by atoms with E-state index in [2.05, 4.69) is 0 Å². The molecule has 1 aliphatic rings. The van der Waals surface area contributed by atoms with Crippen LogP contribution >= 0.6 is 0 Å². The number of benzene rings is 1. The van der Waals surface area contributed by atoms with Crippen LogP contribution in [0.5, 0.6) is 0 Å². The van der Waals surface area contributed by atoms with Crippen LogP contribution < -0.4 is 0 Å². The zero-order chi connectivity index (χ0) is 16.5. The summed E-state index contributed by atoms with van der Waals surface area (Å²) >= 11 is 0. The Morgan fingerprint density at radius 3 is 2.73 bits per heavy atom. The van der Waals surface area contributed by atoms with Crippen LogP contribution in [0.4, 0.5) is 4.39 Å². The zero-order valence-electron chi connectivity index (χ0n) is 12.6. The molecule has 120 valence electrons. The van der Waals surface area contributed by atoms with Gasteiger partial charge >= 0.3 is 0 Å². The number of aliphatic hydroxyl groups is 1. The fourth-order valence-electron chi connectivity index (χ4n) is 2.78. The van der Waals surface area contributed by atoms with Gasteiger partial charge in [-0.15, -0.1) is 0 Å². The highest BCUT2D eigenvalue weighted by molar-refractivity contribution is 7.89. The first-order valence-corrected chi connectivity index (χ1v) is 8.47. The van der Waals surface area contributed by atoms with Crippen molar-refractivity contribution in [2.75, 3.05) is 13.1 Å². The van der Waals surface area contributed by atoms with Crippen molar-refractivity contribution < 1.29 is 17.9 Å². The largest absolute Gasteiger partial charge is 0.393 e. The van der Waals surface area contributed by atoms with Gasteiger partial charge in [-0.25, -0.2) is 12.8 Å². The number of sulfonamides is 1. The Bertz CT molecular complexity index is 710. The maximum atomic E-state index is 13.5. The van der Waals surface area contributed by atoms with Crippen LogP contribution in [0.1, 0.15) is 32.3 Å². The van der Waals surface area contributed by atoms with E-state index in [-0.39, 0.29) is 29.0 Å². The molecular weight excluding hydrogens is 307 g/mol. The summed E-state index contributed by atoms with van der Waals surface area (Å²) in [5.74, 6) is -0.758. The average molecular weight is 326 g/mol. The number of halogens is 1. The van der Waals surface area contributed by atoms with Crippen molar-refractivity contribution in [1.29, 1.82) is 5.26 Å². The molecule has 0 amide bonds. The van der Waals surface area contributed by atoms with E-state index in [0.29, 0.717) is 12.8 Å². The molecular formula is C15H19FN2O3S. The first kappa shape index (κ1) is 16.9. The van der Waals surface area contributed by atoms with E-state index in [4.69, 9.17) is 5.26 Å². The molecule has 0 saturated carbocycles. The monoisotopic (exact) mass is 326 g/mol. The normalized spacial score (nSPS) is 22.8. The minimum Gasteiger partial charge on any atom is -0.393 e. The predicted molar refractivity (Wildman–Crippen MR) is 78.9 cm³/mol. The van der Waals surface area contributed by atoms with Crippen LogP contribution in [0.3, 0.4) is 0 Å². The standard InChI is InChI=1S/C15H19FN2O3S/c1-15(2)8-13(19)3-4-18(10-15)22(20,21)14-6-11(9-17)5-12(16)7-14/h5-7,13,19H,3-4,8,10H2,1-2H3. The Balaban J connectivity index is 2.42. The highest BCUT2D eigenvalue weighted by Gasteiger charge is 2.35. The fourth-order valence-corrected chi connectivity index (χ4v) is 4.49. The Kier molecular flexibility index (Phi) is 4.57. The van der Waals surface area contributed by atoms with E-state index in [0.717, 1.165) is 12.1 Å². The molecule has 7 heteroatoms. The minimum atomic E-state index is -3.90. The van der Waals surface area contributed by atoms with E-state index in [1.165, 1.54) is 10.4 Å². The van der Waals surface area contributed by atoms with Crippen LogP contribution in [0.25, 0.3) is 0 Å². The van der Waals surface area contributed by atoms with E-state index in [9.17, 15) is 17.9 Å². The van der Waals surface area contributed by atoms with E-state index < -0.39 is 21.9 Å². The average Bonchev–Trinajstić information content (AvgIpc) is 2.55. The maximum absolute atomic E-state index is 13.5. The van der Waals surface area contributed by atoms with Gasteiger partial charge in [-0.1, -0.05) is 13.8 Å². The van der Waals surface area contributed by atoms with Crippen molar-refractivity contribution in [1.82, 2.24) is 4.31 Å². The van der Waals surface area contributed by atoms with Gasteiger partial charge < -0.3 is 5.11 Å². The number of hydrogen-bond acceptors (Lipinski definition) is 4. The predicted octanol–water partition coefficient (Wildman–Crippen LogP) is 1.87. The summed E-state index contributed by atoms with van der Waals surface area (Å²) < 4.78 is 40.2. The van der Waals surface area contributed by atoms with Gasteiger partial charge in [0.05, 0.1) is 22.6 Å². The lowest BCUT2D eigenvalue weighted by molar-refractivity contribution is 0.122. The van der Waals surface area contributed by atoms with Gasteiger partial charge in [0.2, 0.25) is 10.0 Å². The third-order valence-electron chi connectivity index (χ3n) is 3.74. The van der Waals surface area contributed by atoms with Gasteiger partial charge in [0.1, 0.15) is 5.82 Å². The summed E-state index contributed by atoms with van der Waals surface area (Å²) in [6, 6.07) is 4.85. The molecule has 22 heavy (non-hydrogen) atoms. The summed E-state index contributed by atoms with van der Waals surface area (Å²) in [4.78, 5) is -0.226. The van der Waals surface area contributed by atoms with Gasteiger partial charge in [0.15, 0.2) is 0 Å². The Morgan fingerprint density at radius 1 is 1.41 bits per heavy atom. The molecule has 0 radical (unpaired) electrons. The van der Waals surface area contributed by atoms with Gasteiger partial charge in [-0.2, -0.15) is 9.57 Å². The molecule has 1 aromatic rings. The first-order chi connectivity index (χ1) is 10.1. The van der Waals surface area contributed by atoms with Crippen molar-refractivity contribution >= 4 is 10.0 Å². The first-order valence-electron chi connectivity index (χ1n) is 7.03. The van der Waals surface area contributed by atoms with E-state index >= 15 is 0 Å². The van der Waals surface area contributed by atoms with Crippen LogP contribution in [0.15, 0.2) is 23.1 Å². The van der Waals surface area contributed by atoms with E-state index in [1.54, 1.807) is 6.07 Å². The summed E-state index contributed by atoms with van der Waals surface area (Å²) in [5, 5.41) is 18.7. The molecule has 1 N–H and O–H groups in total. The van der Waals surface area contributed by atoms with Crippen molar-refractivity contribution in [2.45, 2.75) is 37.7 Å². The van der Waals surface area contributed by atoms with Crippen LogP contribution in [-0.4, -0.2) is 37.0 Å². The molecule has 5 nitrogen and oxygen atoms in total. The number of aliphatic hydroxyl groups excluding tert-OH is 1. The van der Waals surface area contributed by atoms with Crippen molar-refractivity contribution in [3.63, 3.8) is 0 Å². The zero-order valence-corrected chi connectivity index (χ0v) is 13.4. The number of nitrogens with zero attached hydrogens (tertiary/aromatic N) is 2. The van der Waals surface area contributed by atoms with Gasteiger partial charge in [-0.3, -0.25) is 0 Å². The molecule has 1 aromatic carbocycles. The molecule has 1 aliphatic heterocycles. The molecule has 0 aliphatic carbocycles. The van der Waals surface area contributed by atoms with Crippen LogP contribution in [-0.2, 0) is 10.0 Å². The minimum absolute atomic E-state index is 0.0345. The smallest absolute Gasteiger partial charge is 0.243 e. The highest BCUT2D eigenvalue weighted by atomic mass is 32.2. The Hall–Kier alpha value is -1.49. The summed E-state index contributed by atoms with van der Waals surface area (Å²) in [6.45, 7) is 4.18. The summed E-state index contributed by atoms with van der Waals surface area (Å²) in [5.41, 5.74) is -0.415. The molecule has 0 spiro atoms. The lowest BCUT2D eigenvalue weighted by atomic mass is 9.87. The van der Waals surface area contributed by atoms with Crippen molar-refractivity contribution in [3.05, 3.63) is 29.6 Å². The second kappa shape index (κ2) is 5.95. The summed E-state index contributed by atoms with van der Waals surface area (Å²) in [7, 11) is -3.90. The second-order valence-electron chi connectivity index (χ2n) is 6.44. The topological polar surface area (TPSA) is 81.4 Å². The molecule has 0 aromatic heterocycles. The quantitative estimate of drug-likeness (QED) is 0.899. The fraction of sp³-hybridized carbons (Fsp3) is 0.533. The molecule has 0 bridgehead atoms. The molecule has 1 heterocycles. The molecule has 1 saturated heterocycles. The Labute approximate surface area is 130 Å².